The minimum absolute atomic E-state index is 0.116. The molecule has 2 rings (SSSR count). The van der Waals surface area contributed by atoms with Gasteiger partial charge >= 0.3 is 0 Å². The number of rotatable bonds is 4. The lowest BCUT2D eigenvalue weighted by Gasteiger charge is -2.08. The van der Waals surface area contributed by atoms with Gasteiger partial charge in [0.25, 0.3) is 5.91 Å². The Hall–Kier alpha value is -2.01. The zero-order chi connectivity index (χ0) is 13.8. The van der Waals surface area contributed by atoms with E-state index in [4.69, 9.17) is 17.3 Å². The van der Waals surface area contributed by atoms with E-state index in [-0.39, 0.29) is 5.91 Å². The lowest BCUT2D eigenvalue weighted by atomic mass is 10.1. The van der Waals surface area contributed by atoms with Crippen molar-refractivity contribution in [3.05, 3.63) is 46.7 Å². The number of aromatic nitrogens is 2. The molecule has 0 unspecified atom stereocenters. The molecule has 5 nitrogen and oxygen atoms in total. The molecule has 0 aliphatic rings. The van der Waals surface area contributed by atoms with E-state index in [0.717, 1.165) is 5.56 Å². The fraction of sp³-hybridized carbons (Fsp3) is 0.231. The summed E-state index contributed by atoms with van der Waals surface area (Å²) in [4.78, 5) is 12.0. The molecule has 1 aromatic carbocycles. The van der Waals surface area contributed by atoms with Gasteiger partial charge in [0, 0.05) is 23.3 Å². The molecule has 0 saturated carbocycles. The summed E-state index contributed by atoms with van der Waals surface area (Å²) >= 11 is 5.85. The van der Waals surface area contributed by atoms with Gasteiger partial charge in [-0.25, -0.2) is 0 Å². The molecule has 0 aliphatic carbocycles. The van der Waals surface area contributed by atoms with Crippen molar-refractivity contribution in [2.24, 2.45) is 0 Å². The van der Waals surface area contributed by atoms with Crippen LogP contribution in [0.1, 0.15) is 15.9 Å². The maximum Gasteiger partial charge on any atom is 0.251 e. The molecule has 3 N–H and O–H groups in total. The number of nitrogen functional groups attached to an aromatic ring is 1. The maximum absolute atomic E-state index is 12.0. The van der Waals surface area contributed by atoms with E-state index in [9.17, 15) is 4.79 Å². The van der Waals surface area contributed by atoms with Gasteiger partial charge in [0.15, 0.2) is 0 Å². The van der Waals surface area contributed by atoms with E-state index in [1.807, 2.05) is 6.92 Å². The first-order chi connectivity index (χ1) is 9.06. The first-order valence-electron chi connectivity index (χ1n) is 5.88. The van der Waals surface area contributed by atoms with Gasteiger partial charge in [0.05, 0.1) is 18.4 Å². The van der Waals surface area contributed by atoms with Crippen LogP contribution >= 0.6 is 11.6 Å². The molecule has 0 bridgehead atoms. The molecule has 0 fully saturated rings. The molecule has 19 heavy (non-hydrogen) atoms. The molecule has 2 aromatic rings. The Balaban J connectivity index is 1.90. The van der Waals surface area contributed by atoms with Crippen molar-refractivity contribution in [2.45, 2.75) is 13.5 Å². The van der Waals surface area contributed by atoms with Crippen molar-refractivity contribution in [1.82, 2.24) is 15.1 Å². The predicted octanol–water partition coefficient (Wildman–Crippen LogP) is 1.86. The molecule has 0 saturated heterocycles. The van der Waals surface area contributed by atoms with Gasteiger partial charge < -0.3 is 11.1 Å². The van der Waals surface area contributed by atoms with Crippen LogP contribution in [-0.2, 0) is 6.54 Å². The van der Waals surface area contributed by atoms with Gasteiger partial charge in [-0.1, -0.05) is 11.6 Å². The van der Waals surface area contributed by atoms with Gasteiger partial charge in [-0.15, -0.1) is 0 Å². The molecule has 6 heteroatoms. The molecule has 1 aromatic heterocycles. The number of amides is 1. The first kappa shape index (κ1) is 13.4. The lowest BCUT2D eigenvalue weighted by molar-refractivity contribution is 0.0951. The molecule has 0 atom stereocenters. The van der Waals surface area contributed by atoms with Crippen LogP contribution in [0.2, 0.25) is 5.02 Å². The van der Waals surface area contributed by atoms with Crippen molar-refractivity contribution in [1.29, 1.82) is 0 Å². The van der Waals surface area contributed by atoms with Crippen molar-refractivity contribution >= 4 is 23.2 Å². The summed E-state index contributed by atoms with van der Waals surface area (Å²) < 4.78 is 1.68. The minimum atomic E-state index is -0.116. The van der Waals surface area contributed by atoms with Crippen molar-refractivity contribution < 1.29 is 4.79 Å². The number of aryl methyl sites for hydroxylation is 1. The Morgan fingerprint density at radius 2 is 2.32 bits per heavy atom. The maximum atomic E-state index is 12.0. The second kappa shape index (κ2) is 5.75. The van der Waals surface area contributed by atoms with Gasteiger partial charge in [-0.2, -0.15) is 5.10 Å². The third-order valence-corrected chi connectivity index (χ3v) is 2.95. The zero-order valence-electron chi connectivity index (χ0n) is 10.6. The number of nitrogens with one attached hydrogen (secondary N) is 1. The van der Waals surface area contributed by atoms with Crippen LogP contribution in [0.3, 0.4) is 0 Å². The van der Waals surface area contributed by atoms with Crippen LogP contribution in [0.25, 0.3) is 0 Å². The number of carbonyl (C=O) groups is 1. The molecular formula is C13H15ClN4O. The van der Waals surface area contributed by atoms with E-state index in [1.165, 1.54) is 0 Å². The normalized spacial score (nSPS) is 10.4. The highest BCUT2D eigenvalue weighted by atomic mass is 35.5. The quantitative estimate of drug-likeness (QED) is 0.896. The second-order valence-electron chi connectivity index (χ2n) is 4.25. The summed E-state index contributed by atoms with van der Waals surface area (Å²) in [7, 11) is 0. The first-order valence-corrected chi connectivity index (χ1v) is 6.26. The van der Waals surface area contributed by atoms with Crippen LogP contribution in [0.5, 0.6) is 0 Å². The van der Waals surface area contributed by atoms with Crippen molar-refractivity contribution in [2.75, 3.05) is 12.3 Å². The smallest absolute Gasteiger partial charge is 0.251 e. The third-order valence-electron chi connectivity index (χ3n) is 2.71. The summed E-state index contributed by atoms with van der Waals surface area (Å²) in [5.74, 6) is -0.116. The van der Waals surface area contributed by atoms with Gasteiger partial charge in [-0.05, 0) is 30.7 Å². The number of carbonyl (C=O) groups excluding carboxylic acids is 1. The summed E-state index contributed by atoms with van der Waals surface area (Å²) in [6, 6.07) is 5.20. The van der Waals surface area contributed by atoms with E-state index in [0.29, 0.717) is 29.4 Å². The highest BCUT2D eigenvalue weighted by Crippen LogP contribution is 2.14. The molecule has 1 heterocycles. The van der Waals surface area contributed by atoms with E-state index in [1.54, 1.807) is 35.3 Å². The number of nitrogens with zero attached hydrogens (tertiary/aromatic N) is 2. The topological polar surface area (TPSA) is 72.9 Å². The number of benzene rings is 1. The Labute approximate surface area is 116 Å². The Morgan fingerprint density at radius 3 is 2.95 bits per heavy atom. The molecule has 0 spiro atoms. The van der Waals surface area contributed by atoms with Crippen LogP contribution in [0.4, 0.5) is 5.69 Å². The largest absolute Gasteiger partial charge is 0.396 e. The zero-order valence-corrected chi connectivity index (χ0v) is 11.3. The molecule has 0 aliphatic heterocycles. The van der Waals surface area contributed by atoms with Crippen LogP contribution in [0, 0.1) is 6.92 Å². The van der Waals surface area contributed by atoms with Crippen molar-refractivity contribution in [3.8, 4) is 0 Å². The standard InChI is InChI=1S/C13H15ClN4O/c1-9-6-10(14)2-3-12(9)13(19)16-4-5-18-8-11(15)7-17-18/h2-3,6-8H,4-5,15H2,1H3,(H,16,19). The predicted molar refractivity (Wildman–Crippen MR) is 75.2 cm³/mol. The molecule has 100 valence electrons. The lowest BCUT2D eigenvalue weighted by Crippen LogP contribution is -2.27. The average molecular weight is 279 g/mol. The number of hydrogen-bond acceptors (Lipinski definition) is 3. The summed E-state index contributed by atoms with van der Waals surface area (Å²) in [5.41, 5.74) is 7.65. The van der Waals surface area contributed by atoms with Crippen LogP contribution in [0.15, 0.2) is 30.6 Å². The molecule has 0 radical (unpaired) electrons. The number of nitrogens with two attached hydrogens (primary N) is 1. The molecular weight excluding hydrogens is 264 g/mol. The molecule has 1 amide bonds. The summed E-state index contributed by atoms with van der Waals surface area (Å²) in [6.45, 7) is 2.92. The van der Waals surface area contributed by atoms with E-state index in [2.05, 4.69) is 10.4 Å². The SMILES string of the molecule is Cc1cc(Cl)ccc1C(=O)NCCn1cc(N)cn1. The van der Waals surface area contributed by atoms with Gasteiger partial charge in [0.2, 0.25) is 0 Å². The van der Waals surface area contributed by atoms with Crippen LogP contribution in [-0.4, -0.2) is 22.2 Å². The van der Waals surface area contributed by atoms with E-state index >= 15 is 0 Å². The minimum Gasteiger partial charge on any atom is -0.396 e. The fourth-order valence-corrected chi connectivity index (χ4v) is 1.99. The summed E-state index contributed by atoms with van der Waals surface area (Å²) in [5, 5.41) is 7.50. The average Bonchev–Trinajstić information content (AvgIpc) is 2.75. The Bertz CT molecular complexity index is 594. The number of anilines is 1. The number of halogens is 1. The Morgan fingerprint density at radius 1 is 1.53 bits per heavy atom. The number of hydrogen-bond donors (Lipinski definition) is 2. The highest BCUT2D eigenvalue weighted by molar-refractivity contribution is 6.30. The fourth-order valence-electron chi connectivity index (χ4n) is 1.76. The van der Waals surface area contributed by atoms with Crippen molar-refractivity contribution in [3.63, 3.8) is 0 Å². The van der Waals surface area contributed by atoms with Gasteiger partial charge in [0.1, 0.15) is 0 Å². The monoisotopic (exact) mass is 278 g/mol. The summed E-state index contributed by atoms with van der Waals surface area (Å²) in [6.07, 6.45) is 3.30. The van der Waals surface area contributed by atoms with E-state index < -0.39 is 0 Å². The Kier molecular flexibility index (Phi) is 4.06. The second-order valence-corrected chi connectivity index (χ2v) is 4.69. The van der Waals surface area contributed by atoms with Gasteiger partial charge in [-0.3, -0.25) is 9.48 Å². The van der Waals surface area contributed by atoms with Crippen LogP contribution < -0.4 is 11.1 Å². The third kappa shape index (κ3) is 3.48. The highest BCUT2D eigenvalue weighted by Gasteiger charge is 2.08.